The van der Waals surface area contributed by atoms with E-state index in [9.17, 15) is 23.2 Å². The minimum Gasteiger partial charge on any atom is -0.452 e. The molecule has 2 aliphatic heterocycles. The number of rotatable bonds is 4. The topological polar surface area (TPSA) is 103 Å². The number of fused-ring (bicyclic) bond motifs is 2. The molecule has 0 saturated carbocycles. The van der Waals surface area contributed by atoms with Crippen LogP contribution in [0.5, 0.6) is 11.5 Å². The molecule has 2 heterocycles. The van der Waals surface area contributed by atoms with Gasteiger partial charge in [-0.25, -0.2) is 4.79 Å². The van der Waals surface area contributed by atoms with Crippen molar-refractivity contribution >= 4 is 40.9 Å². The number of hydrogen-bond acceptors (Lipinski definition) is 7. The number of thioether (sulfide) groups is 1. The van der Waals surface area contributed by atoms with Crippen molar-refractivity contribution in [3.63, 3.8) is 0 Å². The molecule has 0 spiro atoms. The Kier molecular flexibility index (Phi) is 4.74. The van der Waals surface area contributed by atoms with Gasteiger partial charge in [0.2, 0.25) is 5.91 Å². The van der Waals surface area contributed by atoms with E-state index in [2.05, 4.69) is 20.1 Å². The minimum atomic E-state index is -3.76. The molecule has 8 nitrogen and oxygen atoms in total. The molecule has 2 aliphatic rings. The Labute approximate surface area is 166 Å². The summed E-state index contributed by atoms with van der Waals surface area (Å²) >= 11 is 1.35. The van der Waals surface area contributed by atoms with Crippen LogP contribution in [0.25, 0.3) is 0 Å². The Morgan fingerprint density at radius 2 is 1.97 bits per heavy atom. The second-order valence-corrected chi connectivity index (χ2v) is 7.02. The van der Waals surface area contributed by atoms with Crippen molar-refractivity contribution in [2.75, 3.05) is 23.0 Å². The van der Waals surface area contributed by atoms with Gasteiger partial charge in [-0.3, -0.25) is 9.59 Å². The monoisotopic (exact) mass is 422 g/mol. The van der Waals surface area contributed by atoms with Gasteiger partial charge in [-0.05, 0) is 30.3 Å². The lowest BCUT2D eigenvalue weighted by Crippen LogP contribution is -2.25. The molecular formula is C18H12F2N2O6S. The van der Waals surface area contributed by atoms with Crippen molar-refractivity contribution in [2.24, 2.45) is 0 Å². The maximum atomic E-state index is 13.0. The van der Waals surface area contributed by atoms with Crippen LogP contribution in [0, 0.1) is 0 Å². The second-order valence-electron chi connectivity index (χ2n) is 6.00. The van der Waals surface area contributed by atoms with E-state index in [0.29, 0.717) is 11.4 Å². The van der Waals surface area contributed by atoms with Crippen LogP contribution >= 0.6 is 11.8 Å². The molecule has 11 heteroatoms. The third-order valence-electron chi connectivity index (χ3n) is 3.87. The molecule has 29 heavy (non-hydrogen) atoms. The first-order chi connectivity index (χ1) is 13.8. The molecule has 0 aromatic heterocycles. The molecule has 2 amide bonds. The van der Waals surface area contributed by atoms with Crippen molar-refractivity contribution in [1.29, 1.82) is 0 Å². The highest BCUT2D eigenvalue weighted by Crippen LogP contribution is 2.42. The number of alkyl halides is 2. The molecule has 0 radical (unpaired) electrons. The van der Waals surface area contributed by atoms with Gasteiger partial charge in [-0.1, -0.05) is 0 Å². The van der Waals surface area contributed by atoms with Gasteiger partial charge in [0.15, 0.2) is 18.1 Å². The number of benzene rings is 2. The zero-order valence-corrected chi connectivity index (χ0v) is 15.3. The number of halogens is 2. The fraction of sp³-hybridized carbons (Fsp3) is 0.167. The van der Waals surface area contributed by atoms with Crippen LogP contribution in [-0.4, -0.2) is 36.4 Å². The van der Waals surface area contributed by atoms with Crippen molar-refractivity contribution < 1.29 is 37.4 Å². The first kappa shape index (κ1) is 19.0. The Balaban J connectivity index is 1.34. The fourth-order valence-electron chi connectivity index (χ4n) is 2.65. The van der Waals surface area contributed by atoms with Crippen LogP contribution in [-0.2, 0) is 14.3 Å². The maximum Gasteiger partial charge on any atom is 0.586 e. The average molecular weight is 422 g/mol. The van der Waals surface area contributed by atoms with Crippen LogP contribution in [0.2, 0.25) is 0 Å². The molecule has 150 valence electrons. The molecular weight excluding hydrogens is 410 g/mol. The van der Waals surface area contributed by atoms with Gasteiger partial charge in [0, 0.05) is 16.6 Å². The van der Waals surface area contributed by atoms with Crippen molar-refractivity contribution in [2.45, 2.75) is 11.2 Å². The Morgan fingerprint density at radius 1 is 1.17 bits per heavy atom. The largest absolute Gasteiger partial charge is 0.586 e. The smallest absolute Gasteiger partial charge is 0.452 e. The van der Waals surface area contributed by atoms with Crippen LogP contribution in [0.3, 0.4) is 0 Å². The summed E-state index contributed by atoms with van der Waals surface area (Å²) in [5.41, 5.74) is 0.839. The third kappa shape index (κ3) is 4.24. The predicted molar refractivity (Wildman–Crippen MR) is 97.4 cm³/mol. The SMILES string of the molecule is O=C(COC(=O)c1ccc2c(c1)NC(=O)CS2)Nc1ccc2c(c1)OC(F)(F)O2. The lowest BCUT2D eigenvalue weighted by molar-refractivity contribution is -0.286. The number of nitrogens with one attached hydrogen (secondary N) is 2. The summed E-state index contributed by atoms with van der Waals surface area (Å²) in [6.07, 6.45) is -3.76. The zero-order chi connectivity index (χ0) is 20.6. The molecule has 0 aliphatic carbocycles. The first-order valence-corrected chi connectivity index (χ1v) is 9.21. The van der Waals surface area contributed by atoms with E-state index >= 15 is 0 Å². The molecule has 0 atom stereocenters. The minimum absolute atomic E-state index is 0.155. The summed E-state index contributed by atoms with van der Waals surface area (Å²) in [5, 5.41) is 5.06. The molecule has 2 aromatic rings. The van der Waals surface area contributed by atoms with Crippen molar-refractivity contribution in [1.82, 2.24) is 0 Å². The number of amides is 2. The van der Waals surface area contributed by atoms with E-state index in [1.54, 1.807) is 6.07 Å². The highest BCUT2D eigenvalue weighted by atomic mass is 32.2. The molecule has 2 aromatic carbocycles. The lowest BCUT2D eigenvalue weighted by Gasteiger charge is -2.16. The molecule has 0 bridgehead atoms. The Hall–Kier alpha value is -3.34. The van der Waals surface area contributed by atoms with E-state index in [4.69, 9.17) is 4.74 Å². The lowest BCUT2D eigenvalue weighted by atomic mass is 10.2. The van der Waals surface area contributed by atoms with E-state index in [0.717, 1.165) is 4.90 Å². The van der Waals surface area contributed by atoms with Crippen molar-refractivity contribution in [3.05, 3.63) is 42.0 Å². The normalized spacial score (nSPS) is 15.9. The van der Waals surface area contributed by atoms with Gasteiger partial charge in [0.05, 0.1) is 17.0 Å². The van der Waals surface area contributed by atoms with Gasteiger partial charge in [0.25, 0.3) is 5.91 Å². The van der Waals surface area contributed by atoms with E-state index in [1.807, 2.05) is 0 Å². The van der Waals surface area contributed by atoms with E-state index < -0.39 is 24.8 Å². The highest BCUT2D eigenvalue weighted by Gasteiger charge is 2.43. The molecule has 2 N–H and O–H groups in total. The van der Waals surface area contributed by atoms with E-state index in [-0.39, 0.29) is 28.7 Å². The van der Waals surface area contributed by atoms with Gasteiger partial charge in [-0.2, -0.15) is 0 Å². The number of hydrogen-bond donors (Lipinski definition) is 2. The first-order valence-electron chi connectivity index (χ1n) is 8.23. The van der Waals surface area contributed by atoms with Crippen LogP contribution in [0.15, 0.2) is 41.3 Å². The number of anilines is 2. The average Bonchev–Trinajstić information content (AvgIpc) is 2.98. The number of carbonyl (C=O) groups is 3. The summed E-state index contributed by atoms with van der Waals surface area (Å²) in [6.45, 7) is -0.596. The molecule has 4 rings (SSSR count). The predicted octanol–water partition coefficient (Wildman–Crippen LogP) is 2.85. The third-order valence-corrected chi connectivity index (χ3v) is 4.94. The maximum absolute atomic E-state index is 13.0. The number of ether oxygens (including phenoxy) is 3. The van der Waals surface area contributed by atoms with Crippen LogP contribution < -0.4 is 20.1 Å². The summed E-state index contributed by atoms with van der Waals surface area (Å²) in [6, 6.07) is 8.40. The Morgan fingerprint density at radius 3 is 2.79 bits per heavy atom. The standard InChI is InChI=1S/C18H12F2N2O6S/c19-18(20)27-12-3-2-10(6-13(12)28-18)21-15(23)7-26-17(25)9-1-4-14-11(5-9)22-16(24)8-29-14/h1-6H,7-8H2,(H,21,23)(H,22,24). The van der Waals surface area contributed by atoms with Crippen LogP contribution in [0.1, 0.15) is 10.4 Å². The van der Waals surface area contributed by atoms with Gasteiger partial charge in [-0.15, -0.1) is 20.5 Å². The highest BCUT2D eigenvalue weighted by molar-refractivity contribution is 8.00. The summed E-state index contributed by atoms with van der Waals surface area (Å²) in [7, 11) is 0. The van der Waals surface area contributed by atoms with Gasteiger partial charge < -0.3 is 24.8 Å². The summed E-state index contributed by atoms with van der Waals surface area (Å²) in [5.74, 6) is -1.68. The quantitative estimate of drug-likeness (QED) is 0.731. The fourth-order valence-corrected chi connectivity index (χ4v) is 3.44. The number of carbonyl (C=O) groups excluding carboxylic acids is 3. The van der Waals surface area contributed by atoms with E-state index in [1.165, 1.54) is 42.1 Å². The molecule has 0 fully saturated rings. The summed E-state index contributed by atoms with van der Waals surface area (Å²) in [4.78, 5) is 36.4. The van der Waals surface area contributed by atoms with Crippen molar-refractivity contribution in [3.8, 4) is 11.5 Å². The zero-order valence-electron chi connectivity index (χ0n) is 14.5. The van der Waals surface area contributed by atoms with Crippen LogP contribution in [0.4, 0.5) is 20.2 Å². The molecule has 0 saturated heterocycles. The second kappa shape index (κ2) is 7.24. The summed E-state index contributed by atoms with van der Waals surface area (Å²) < 4.78 is 39.6. The van der Waals surface area contributed by atoms with Gasteiger partial charge in [0.1, 0.15) is 0 Å². The Bertz CT molecular complexity index is 1030. The van der Waals surface area contributed by atoms with Gasteiger partial charge >= 0.3 is 12.3 Å². The molecule has 0 unspecified atom stereocenters. The number of esters is 1.